The van der Waals surface area contributed by atoms with Gasteiger partial charge in [-0.15, -0.1) is 0 Å². The van der Waals surface area contributed by atoms with Gasteiger partial charge in [0.2, 0.25) is 0 Å². The molecule has 0 aromatic carbocycles. The highest BCUT2D eigenvalue weighted by atomic mass is 16.6. The van der Waals surface area contributed by atoms with Crippen LogP contribution in [0.4, 0.5) is 0 Å². The van der Waals surface area contributed by atoms with E-state index >= 15 is 0 Å². The van der Waals surface area contributed by atoms with Gasteiger partial charge in [-0.2, -0.15) is 0 Å². The van der Waals surface area contributed by atoms with Crippen LogP contribution in [-0.2, 0) is 61.9 Å². The van der Waals surface area contributed by atoms with Gasteiger partial charge in [-0.3, -0.25) is 28.8 Å². The second-order valence-electron chi connectivity index (χ2n) is 24.5. The number of fused-ring (bicyclic) bond motifs is 12. The number of hydrogen-bond acceptors (Lipinski definition) is 13. The van der Waals surface area contributed by atoms with Gasteiger partial charge in [0.05, 0.1) is 59.6 Å². The third-order valence-corrected chi connectivity index (χ3v) is 19.4. The molecule has 18 atom stereocenters. The van der Waals surface area contributed by atoms with E-state index in [-0.39, 0.29) is 160 Å². The zero-order valence-corrected chi connectivity index (χ0v) is 40.8. The summed E-state index contributed by atoms with van der Waals surface area (Å²) in [4.78, 5) is 84.1. The first-order valence-corrected chi connectivity index (χ1v) is 27.1. The van der Waals surface area contributed by atoms with Crippen LogP contribution >= 0.6 is 0 Å². The van der Waals surface area contributed by atoms with E-state index in [1.165, 1.54) is 0 Å². The maximum Gasteiger partial charge on any atom is 0.309 e. The molecule has 12 aliphatic carbocycles. The van der Waals surface area contributed by atoms with Crippen molar-refractivity contribution in [3.05, 3.63) is 72.9 Å². The standard InChI is InChI=1S/C58H70O13/c59-51(45-19-33-1-7-39(45)13-33)66-27-57(28-67-52(60)46-20-34-2-8-40(46)14-34,29-68-53(61)47-21-35-3-9-41(47)15-35)25-65-26-58(30-69-54(62)48-22-36-4-10-42(48)16-36,31-70-55(63)49-23-37-5-11-43(49)17-37)32-71-56(64)50-24-38-6-12-44(50)18-38/h1-12,33-50H,13-32H2. The van der Waals surface area contributed by atoms with Gasteiger partial charge in [0.1, 0.15) is 39.6 Å². The zero-order chi connectivity index (χ0) is 48.4. The third-order valence-electron chi connectivity index (χ3n) is 19.4. The first-order chi connectivity index (χ1) is 34.4. The van der Waals surface area contributed by atoms with Crippen molar-refractivity contribution in [2.24, 2.45) is 117 Å². The third kappa shape index (κ3) is 9.55. The summed E-state index contributed by atoms with van der Waals surface area (Å²) >= 11 is 0. The molecule has 6 fully saturated rings. The van der Waals surface area contributed by atoms with E-state index in [2.05, 4.69) is 72.9 Å². The van der Waals surface area contributed by atoms with Crippen molar-refractivity contribution >= 4 is 35.8 Å². The Morgan fingerprint density at radius 2 is 0.451 bits per heavy atom. The number of allylic oxidation sites excluding steroid dienone is 12. The molecule has 71 heavy (non-hydrogen) atoms. The summed E-state index contributed by atoms with van der Waals surface area (Å²) in [6.45, 7) is -2.06. The van der Waals surface area contributed by atoms with Crippen molar-refractivity contribution in [2.45, 2.75) is 77.0 Å². The average Bonchev–Trinajstić information content (AvgIpc) is 4.22. The van der Waals surface area contributed by atoms with Crippen LogP contribution in [0.15, 0.2) is 72.9 Å². The van der Waals surface area contributed by atoms with Crippen molar-refractivity contribution in [3.63, 3.8) is 0 Å². The van der Waals surface area contributed by atoms with Crippen molar-refractivity contribution in [3.8, 4) is 0 Å². The summed E-state index contributed by atoms with van der Waals surface area (Å²) in [5.41, 5.74) is -2.74. The Labute approximate surface area is 416 Å². The normalized spacial score (nSPS) is 40.7. The zero-order valence-electron chi connectivity index (χ0n) is 40.8. The lowest BCUT2D eigenvalue weighted by atomic mass is 9.88. The summed E-state index contributed by atoms with van der Waals surface area (Å²) in [5.74, 6) is -1.60. The summed E-state index contributed by atoms with van der Waals surface area (Å²) in [6, 6.07) is 0. The molecule has 0 aliphatic heterocycles. The Morgan fingerprint density at radius 3 is 0.592 bits per heavy atom. The number of hydrogen-bond donors (Lipinski definition) is 0. The summed E-state index contributed by atoms with van der Waals surface area (Å²) < 4.78 is 44.2. The number of carbonyl (C=O) groups is 6. The lowest BCUT2D eigenvalue weighted by Crippen LogP contribution is -2.48. The molecule has 0 radical (unpaired) electrons. The van der Waals surface area contributed by atoms with Gasteiger partial charge in [0.25, 0.3) is 0 Å². The van der Waals surface area contributed by atoms with Crippen molar-refractivity contribution < 1.29 is 61.9 Å². The average molecular weight is 975 g/mol. The Bertz CT molecular complexity index is 1920. The molecule has 6 saturated carbocycles. The fourth-order valence-corrected chi connectivity index (χ4v) is 15.3. The van der Waals surface area contributed by atoms with Crippen LogP contribution in [0.25, 0.3) is 0 Å². The van der Waals surface area contributed by atoms with Crippen molar-refractivity contribution in [2.75, 3.05) is 52.9 Å². The van der Waals surface area contributed by atoms with E-state index in [4.69, 9.17) is 33.2 Å². The predicted molar refractivity (Wildman–Crippen MR) is 255 cm³/mol. The summed E-state index contributed by atoms with van der Waals surface area (Å²) in [7, 11) is 0. The van der Waals surface area contributed by atoms with Crippen LogP contribution in [-0.4, -0.2) is 88.7 Å². The SMILES string of the molecule is O=C(OCC(COCC(COC(=O)C1CC2C=CC1C2)(COC(=O)C1CC2C=CC1C2)COC(=O)C1CC2C=CC1C2)(COC(=O)C1CC2C=CC1C2)COC(=O)C1CC2C=CC1C2)C1CC2C=CC1C2. The van der Waals surface area contributed by atoms with Gasteiger partial charge in [0, 0.05) is 0 Å². The smallest absolute Gasteiger partial charge is 0.309 e. The monoisotopic (exact) mass is 974 g/mol. The van der Waals surface area contributed by atoms with Crippen LogP contribution in [0.5, 0.6) is 0 Å². The van der Waals surface area contributed by atoms with Crippen molar-refractivity contribution in [1.82, 2.24) is 0 Å². The predicted octanol–water partition coefficient (Wildman–Crippen LogP) is 7.51. The van der Waals surface area contributed by atoms with Gasteiger partial charge < -0.3 is 33.2 Å². The highest BCUT2D eigenvalue weighted by molar-refractivity contribution is 5.77. The molecule has 0 amide bonds. The fraction of sp³-hybridized carbons (Fsp3) is 0.690. The maximum absolute atomic E-state index is 14.0. The molecular weight excluding hydrogens is 905 g/mol. The molecular formula is C58H70O13. The number of rotatable bonds is 22. The minimum atomic E-state index is -1.37. The van der Waals surface area contributed by atoms with Gasteiger partial charge in [-0.1, -0.05) is 72.9 Å². The molecule has 13 nitrogen and oxygen atoms in total. The number of ether oxygens (including phenoxy) is 7. The largest absolute Gasteiger partial charge is 0.464 e. The van der Waals surface area contributed by atoms with Crippen LogP contribution in [0.3, 0.4) is 0 Å². The van der Waals surface area contributed by atoms with Gasteiger partial charge in [-0.25, -0.2) is 0 Å². The minimum absolute atomic E-state index is 0.0838. The number of carbonyl (C=O) groups excluding carboxylic acids is 6. The van der Waals surface area contributed by atoms with Crippen LogP contribution < -0.4 is 0 Å². The second kappa shape index (κ2) is 19.2. The maximum atomic E-state index is 14.0. The topological polar surface area (TPSA) is 167 Å². The van der Waals surface area contributed by atoms with E-state index in [1.54, 1.807) is 0 Å². The summed E-state index contributed by atoms with van der Waals surface area (Å²) in [5, 5.41) is 0. The lowest BCUT2D eigenvalue weighted by Gasteiger charge is -2.37. The summed E-state index contributed by atoms with van der Waals surface area (Å²) in [6.07, 6.45) is 35.1. The van der Waals surface area contributed by atoms with E-state index in [0.29, 0.717) is 74.0 Å². The first kappa shape index (κ1) is 47.2. The Balaban J connectivity index is 0.824. The Morgan fingerprint density at radius 1 is 0.268 bits per heavy atom. The molecule has 13 heteroatoms. The number of esters is 6. The van der Waals surface area contributed by atoms with Crippen LogP contribution in [0.1, 0.15) is 77.0 Å². The molecule has 0 spiro atoms. The van der Waals surface area contributed by atoms with E-state index < -0.39 is 10.8 Å². The Kier molecular flexibility index (Phi) is 12.8. The molecule has 12 bridgehead atoms. The molecule has 0 N–H and O–H groups in total. The molecule has 18 unspecified atom stereocenters. The second-order valence-corrected chi connectivity index (χ2v) is 24.5. The van der Waals surface area contributed by atoms with E-state index in [9.17, 15) is 28.8 Å². The molecule has 0 aromatic heterocycles. The van der Waals surface area contributed by atoms with E-state index in [0.717, 1.165) is 38.5 Å². The van der Waals surface area contributed by atoms with Crippen LogP contribution in [0.2, 0.25) is 0 Å². The lowest BCUT2D eigenvalue weighted by molar-refractivity contribution is -0.180. The van der Waals surface area contributed by atoms with Gasteiger partial charge in [-0.05, 0) is 148 Å². The molecule has 12 aliphatic rings. The van der Waals surface area contributed by atoms with Gasteiger partial charge >= 0.3 is 35.8 Å². The van der Waals surface area contributed by atoms with Crippen LogP contribution in [0, 0.1) is 117 Å². The molecule has 380 valence electrons. The molecule has 0 saturated heterocycles. The highest BCUT2D eigenvalue weighted by Gasteiger charge is 2.50. The molecule has 12 rings (SSSR count). The minimum Gasteiger partial charge on any atom is -0.464 e. The Hall–Kier alpha value is -4.78. The quantitative estimate of drug-likeness (QED) is 0.0595. The molecule has 0 heterocycles. The fourth-order valence-electron chi connectivity index (χ4n) is 15.3. The van der Waals surface area contributed by atoms with Gasteiger partial charge in [0.15, 0.2) is 0 Å². The van der Waals surface area contributed by atoms with E-state index in [1.807, 2.05) is 0 Å². The first-order valence-electron chi connectivity index (χ1n) is 27.1. The van der Waals surface area contributed by atoms with Crippen molar-refractivity contribution in [1.29, 1.82) is 0 Å². The molecule has 0 aromatic rings. The highest BCUT2D eigenvalue weighted by Crippen LogP contribution is 2.49.